The zero-order chi connectivity index (χ0) is 12.3. The molecule has 0 heterocycles. The lowest BCUT2D eigenvalue weighted by atomic mass is 9.85. The van der Waals surface area contributed by atoms with Crippen molar-refractivity contribution < 1.29 is 15.0 Å². The number of hydrogen-bond acceptors (Lipinski definition) is 2. The molecule has 0 saturated carbocycles. The number of phenolic OH excluding ortho intramolecular Hbond substituents is 1. The molecule has 0 aromatic heterocycles. The molecular formula is C13H18O3. The van der Waals surface area contributed by atoms with Crippen LogP contribution in [0.5, 0.6) is 5.75 Å². The Kier molecular flexibility index (Phi) is 3.93. The molecule has 0 bridgehead atoms. The molecule has 1 aromatic carbocycles. The van der Waals surface area contributed by atoms with Crippen LogP contribution in [0.2, 0.25) is 0 Å². The SMILES string of the molecule is CC[C@@H](c1ccc(C)c(O)c1)C(C)C(=O)O. The molecule has 1 aromatic rings. The fraction of sp³-hybridized carbons (Fsp3) is 0.462. The van der Waals surface area contributed by atoms with E-state index in [2.05, 4.69) is 0 Å². The molecule has 1 rings (SSSR count). The largest absolute Gasteiger partial charge is 0.508 e. The van der Waals surface area contributed by atoms with Gasteiger partial charge >= 0.3 is 5.97 Å². The Morgan fingerprint density at radius 3 is 2.50 bits per heavy atom. The van der Waals surface area contributed by atoms with Crippen LogP contribution >= 0.6 is 0 Å². The molecule has 88 valence electrons. The van der Waals surface area contributed by atoms with Gasteiger partial charge in [-0.25, -0.2) is 0 Å². The van der Waals surface area contributed by atoms with Crippen LogP contribution in [0.4, 0.5) is 0 Å². The lowest BCUT2D eigenvalue weighted by Crippen LogP contribution is -2.18. The zero-order valence-corrected chi connectivity index (χ0v) is 9.90. The number of rotatable bonds is 4. The third-order valence-corrected chi connectivity index (χ3v) is 3.09. The Labute approximate surface area is 95.7 Å². The molecule has 0 amide bonds. The van der Waals surface area contributed by atoms with E-state index in [0.29, 0.717) is 0 Å². The number of hydrogen-bond donors (Lipinski definition) is 2. The lowest BCUT2D eigenvalue weighted by Gasteiger charge is -2.20. The van der Waals surface area contributed by atoms with E-state index in [1.807, 2.05) is 26.0 Å². The summed E-state index contributed by atoms with van der Waals surface area (Å²) >= 11 is 0. The Hall–Kier alpha value is -1.51. The van der Waals surface area contributed by atoms with E-state index >= 15 is 0 Å². The maximum absolute atomic E-state index is 11.0. The summed E-state index contributed by atoms with van der Waals surface area (Å²) in [6, 6.07) is 5.38. The van der Waals surface area contributed by atoms with E-state index in [0.717, 1.165) is 17.5 Å². The topological polar surface area (TPSA) is 57.5 Å². The molecule has 0 radical (unpaired) electrons. The normalized spacial score (nSPS) is 14.4. The van der Waals surface area contributed by atoms with Crippen molar-refractivity contribution in [2.45, 2.75) is 33.1 Å². The number of carbonyl (C=O) groups is 1. The summed E-state index contributed by atoms with van der Waals surface area (Å²) in [6.45, 7) is 5.48. The van der Waals surface area contributed by atoms with Gasteiger partial charge in [0.25, 0.3) is 0 Å². The Morgan fingerprint density at radius 1 is 1.44 bits per heavy atom. The summed E-state index contributed by atoms with van der Waals surface area (Å²) in [5, 5.41) is 18.6. The number of aliphatic carboxylic acids is 1. The van der Waals surface area contributed by atoms with E-state index < -0.39 is 11.9 Å². The molecule has 0 aliphatic heterocycles. The van der Waals surface area contributed by atoms with Gasteiger partial charge in [0.05, 0.1) is 5.92 Å². The number of benzene rings is 1. The lowest BCUT2D eigenvalue weighted by molar-refractivity contribution is -0.141. The summed E-state index contributed by atoms with van der Waals surface area (Å²) in [7, 11) is 0. The molecule has 0 saturated heterocycles. The van der Waals surface area contributed by atoms with Gasteiger partial charge in [0.1, 0.15) is 5.75 Å². The number of carboxylic acids is 1. The maximum Gasteiger partial charge on any atom is 0.306 e. The second kappa shape index (κ2) is 5.01. The fourth-order valence-electron chi connectivity index (χ4n) is 1.91. The quantitative estimate of drug-likeness (QED) is 0.823. The molecule has 2 N–H and O–H groups in total. The van der Waals surface area contributed by atoms with Crippen molar-refractivity contribution in [2.24, 2.45) is 5.92 Å². The first-order valence-corrected chi connectivity index (χ1v) is 5.49. The van der Waals surface area contributed by atoms with Crippen LogP contribution in [0.1, 0.15) is 37.3 Å². The third-order valence-electron chi connectivity index (χ3n) is 3.09. The van der Waals surface area contributed by atoms with Crippen LogP contribution in [0.25, 0.3) is 0 Å². The van der Waals surface area contributed by atoms with Crippen LogP contribution in [0.15, 0.2) is 18.2 Å². The van der Waals surface area contributed by atoms with Crippen LogP contribution in [0.3, 0.4) is 0 Å². The summed E-state index contributed by atoms with van der Waals surface area (Å²) in [5.41, 5.74) is 1.70. The van der Waals surface area contributed by atoms with Crippen molar-refractivity contribution in [1.29, 1.82) is 0 Å². The van der Waals surface area contributed by atoms with E-state index in [1.54, 1.807) is 13.0 Å². The predicted octanol–water partition coefficient (Wildman–Crippen LogP) is 2.91. The summed E-state index contributed by atoms with van der Waals surface area (Å²) in [5.74, 6) is -1.06. The first-order valence-electron chi connectivity index (χ1n) is 5.49. The minimum Gasteiger partial charge on any atom is -0.508 e. The molecule has 0 spiro atoms. The standard InChI is InChI=1S/C13H18O3/c1-4-11(9(3)13(15)16)10-6-5-8(2)12(14)7-10/h5-7,9,11,14H,4H2,1-3H3,(H,15,16)/t9?,11-/m1/s1. The second-order valence-electron chi connectivity index (χ2n) is 4.19. The van der Waals surface area contributed by atoms with E-state index in [9.17, 15) is 9.90 Å². The summed E-state index contributed by atoms with van der Waals surface area (Å²) < 4.78 is 0. The molecule has 0 fully saturated rings. The first kappa shape index (κ1) is 12.6. The Bertz CT molecular complexity index is 385. The molecular weight excluding hydrogens is 204 g/mol. The van der Waals surface area contributed by atoms with Crippen molar-refractivity contribution in [1.82, 2.24) is 0 Å². The van der Waals surface area contributed by atoms with Crippen molar-refractivity contribution in [3.05, 3.63) is 29.3 Å². The van der Waals surface area contributed by atoms with E-state index in [-0.39, 0.29) is 11.7 Å². The summed E-state index contributed by atoms with van der Waals surface area (Å²) in [6.07, 6.45) is 0.746. The Balaban J connectivity index is 3.04. The summed E-state index contributed by atoms with van der Waals surface area (Å²) in [4.78, 5) is 11.0. The molecule has 2 atom stereocenters. The maximum atomic E-state index is 11.0. The van der Waals surface area contributed by atoms with Crippen molar-refractivity contribution >= 4 is 5.97 Å². The van der Waals surface area contributed by atoms with Gasteiger partial charge in [-0.2, -0.15) is 0 Å². The molecule has 3 heteroatoms. The minimum absolute atomic E-state index is 0.0519. The smallest absolute Gasteiger partial charge is 0.306 e. The zero-order valence-electron chi connectivity index (χ0n) is 9.90. The van der Waals surface area contributed by atoms with Crippen LogP contribution in [0, 0.1) is 12.8 Å². The number of aromatic hydroxyl groups is 1. The van der Waals surface area contributed by atoms with Crippen molar-refractivity contribution in [3.63, 3.8) is 0 Å². The number of aryl methyl sites for hydroxylation is 1. The Morgan fingerprint density at radius 2 is 2.06 bits per heavy atom. The predicted molar refractivity (Wildman–Crippen MR) is 62.7 cm³/mol. The third kappa shape index (κ3) is 2.54. The van der Waals surface area contributed by atoms with Gasteiger partial charge in [0.2, 0.25) is 0 Å². The van der Waals surface area contributed by atoms with Gasteiger partial charge in [-0.05, 0) is 36.5 Å². The molecule has 16 heavy (non-hydrogen) atoms. The highest BCUT2D eigenvalue weighted by Crippen LogP contribution is 2.31. The second-order valence-corrected chi connectivity index (χ2v) is 4.19. The van der Waals surface area contributed by atoms with E-state index in [1.165, 1.54) is 0 Å². The molecule has 0 aliphatic rings. The highest BCUT2D eigenvalue weighted by Gasteiger charge is 2.23. The average Bonchev–Trinajstić information content (AvgIpc) is 2.24. The average molecular weight is 222 g/mol. The molecule has 1 unspecified atom stereocenters. The van der Waals surface area contributed by atoms with Gasteiger partial charge in [-0.1, -0.05) is 26.0 Å². The van der Waals surface area contributed by atoms with Gasteiger partial charge in [-0.3, -0.25) is 4.79 Å². The minimum atomic E-state index is -0.799. The van der Waals surface area contributed by atoms with Gasteiger partial charge in [-0.15, -0.1) is 0 Å². The number of carboxylic acid groups (broad SMARTS) is 1. The van der Waals surface area contributed by atoms with E-state index in [4.69, 9.17) is 5.11 Å². The first-order chi connectivity index (χ1) is 7.47. The number of phenols is 1. The van der Waals surface area contributed by atoms with Crippen molar-refractivity contribution in [3.8, 4) is 5.75 Å². The monoisotopic (exact) mass is 222 g/mol. The van der Waals surface area contributed by atoms with Crippen LogP contribution in [-0.2, 0) is 4.79 Å². The van der Waals surface area contributed by atoms with Gasteiger partial charge in [0, 0.05) is 0 Å². The van der Waals surface area contributed by atoms with Crippen molar-refractivity contribution in [2.75, 3.05) is 0 Å². The van der Waals surface area contributed by atoms with Crippen LogP contribution in [-0.4, -0.2) is 16.2 Å². The van der Waals surface area contributed by atoms with Gasteiger partial charge in [0.15, 0.2) is 0 Å². The van der Waals surface area contributed by atoms with Gasteiger partial charge < -0.3 is 10.2 Å². The highest BCUT2D eigenvalue weighted by atomic mass is 16.4. The highest BCUT2D eigenvalue weighted by molar-refractivity contribution is 5.71. The molecule has 3 nitrogen and oxygen atoms in total. The fourth-order valence-corrected chi connectivity index (χ4v) is 1.91. The molecule has 0 aliphatic carbocycles. The van der Waals surface area contributed by atoms with Crippen LogP contribution < -0.4 is 0 Å².